The lowest BCUT2D eigenvalue weighted by Gasteiger charge is -2.26. The summed E-state index contributed by atoms with van der Waals surface area (Å²) in [5.74, 6) is -0.828. The zero-order valence-corrected chi connectivity index (χ0v) is 11.3. The predicted octanol–water partition coefficient (Wildman–Crippen LogP) is -0.726. The zero-order valence-electron chi connectivity index (χ0n) is 10.5. The number of carbonyl (C=O) groups is 2. The van der Waals surface area contributed by atoms with Crippen molar-refractivity contribution in [1.29, 1.82) is 0 Å². The number of hydrogen-bond acceptors (Lipinski definition) is 4. The Bertz CT molecular complexity index is 329. The first-order chi connectivity index (χ1) is 8.50. The van der Waals surface area contributed by atoms with Crippen molar-refractivity contribution in [3.8, 4) is 0 Å². The summed E-state index contributed by atoms with van der Waals surface area (Å²) in [6.07, 6.45) is 1.85. The number of amides is 2. The predicted molar refractivity (Wildman–Crippen MR) is 71.0 cm³/mol. The van der Waals surface area contributed by atoms with E-state index in [0.29, 0.717) is 12.5 Å². The monoisotopic (exact) mass is 273 g/mol. The SMILES string of the molecule is CN(CC1CCOCC1)C(=O)C(=O)NCC(N)=S. The van der Waals surface area contributed by atoms with Gasteiger partial charge in [0, 0.05) is 26.8 Å². The van der Waals surface area contributed by atoms with Gasteiger partial charge in [0.05, 0.1) is 11.5 Å². The molecular weight excluding hydrogens is 254 g/mol. The second-order valence-corrected chi connectivity index (χ2v) is 4.91. The van der Waals surface area contributed by atoms with Gasteiger partial charge in [-0.15, -0.1) is 0 Å². The average Bonchev–Trinajstić information content (AvgIpc) is 2.36. The molecule has 1 aliphatic rings. The van der Waals surface area contributed by atoms with Crippen molar-refractivity contribution in [3.63, 3.8) is 0 Å². The van der Waals surface area contributed by atoms with Gasteiger partial charge >= 0.3 is 11.8 Å². The van der Waals surface area contributed by atoms with E-state index in [1.807, 2.05) is 0 Å². The van der Waals surface area contributed by atoms with Gasteiger partial charge in [0.25, 0.3) is 0 Å². The molecule has 1 rings (SSSR count). The van der Waals surface area contributed by atoms with Crippen LogP contribution in [0.2, 0.25) is 0 Å². The van der Waals surface area contributed by atoms with E-state index in [1.165, 1.54) is 4.90 Å². The molecule has 0 aromatic rings. The van der Waals surface area contributed by atoms with E-state index < -0.39 is 11.8 Å². The Morgan fingerprint density at radius 2 is 2.06 bits per heavy atom. The van der Waals surface area contributed by atoms with E-state index in [-0.39, 0.29) is 11.5 Å². The second-order valence-electron chi connectivity index (χ2n) is 4.39. The van der Waals surface area contributed by atoms with Gasteiger partial charge in [-0.3, -0.25) is 9.59 Å². The summed E-state index contributed by atoms with van der Waals surface area (Å²) in [7, 11) is 1.62. The van der Waals surface area contributed by atoms with Gasteiger partial charge in [-0.1, -0.05) is 12.2 Å². The molecular formula is C11H19N3O3S. The number of likely N-dealkylation sites (N-methyl/N-ethyl adjacent to an activating group) is 1. The molecule has 0 atom stereocenters. The number of rotatable bonds is 4. The minimum absolute atomic E-state index is 0.0466. The third kappa shape index (κ3) is 4.97. The summed E-state index contributed by atoms with van der Waals surface area (Å²) in [4.78, 5) is 24.8. The van der Waals surface area contributed by atoms with Crippen LogP contribution in [-0.4, -0.2) is 55.1 Å². The van der Waals surface area contributed by atoms with Crippen molar-refractivity contribution in [2.75, 3.05) is 33.4 Å². The van der Waals surface area contributed by atoms with Crippen molar-refractivity contribution in [3.05, 3.63) is 0 Å². The lowest BCUT2D eigenvalue weighted by atomic mass is 10.00. The van der Waals surface area contributed by atoms with Crippen LogP contribution in [0.25, 0.3) is 0 Å². The fraction of sp³-hybridized carbons (Fsp3) is 0.727. The number of nitrogens with zero attached hydrogens (tertiary/aromatic N) is 1. The minimum atomic E-state index is -0.669. The van der Waals surface area contributed by atoms with E-state index in [1.54, 1.807) is 7.05 Å². The Kier molecular flexibility index (Phi) is 6.00. The summed E-state index contributed by atoms with van der Waals surface area (Å²) in [5, 5.41) is 2.38. The molecule has 0 bridgehead atoms. The Labute approximate surface area is 112 Å². The second kappa shape index (κ2) is 7.27. The van der Waals surface area contributed by atoms with E-state index >= 15 is 0 Å². The highest BCUT2D eigenvalue weighted by Crippen LogP contribution is 2.15. The first kappa shape index (κ1) is 14.8. The van der Waals surface area contributed by atoms with Crippen LogP contribution < -0.4 is 11.1 Å². The molecule has 1 heterocycles. The van der Waals surface area contributed by atoms with Crippen LogP contribution in [0.1, 0.15) is 12.8 Å². The molecule has 0 radical (unpaired) electrons. The Balaban J connectivity index is 2.35. The van der Waals surface area contributed by atoms with Gasteiger partial charge in [0.15, 0.2) is 0 Å². The third-order valence-electron chi connectivity index (χ3n) is 2.84. The van der Waals surface area contributed by atoms with E-state index in [4.69, 9.17) is 10.5 Å². The average molecular weight is 273 g/mol. The van der Waals surface area contributed by atoms with Gasteiger partial charge in [-0.05, 0) is 18.8 Å². The van der Waals surface area contributed by atoms with Crippen molar-refractivity contribution in [1.82, 2.24) is 10.2 Å². The van der Waals surface area contributed by atoms with E-state index in [9.17, 15) is 9.59 Å². The molecule has 1 aliphatic heterocycles. The van der Waals surface area contributed by atoms with Gasteiger partial charge in [-0.25, -0.2) is 0 Å². The highest BCUT2D eigenvalue weighted by molar-refractivity contribution is 7.80. The molecule has 7 heteroatoms. The Morgan fingerprint density at radius 3 is 2.61 bits per heavy atom. The number of hydrogen-bond donors (Lipinski definition) is 2. The maximum Gasteiger partial charge on any atom is 0.311 e. The Hall–Kier alpha value is -1.21. The molecule has 0 unspecified atom stereocenters. The normalized spacial score (nSPS) is 16.1. The van der Waals surface area contributed by atoms with Crippen LogP contribution in [0.4, 0.5) is 0 Å². The molecule has 0 aromatic carbocycles. The molecule has 2 amide bonds. The quantitative estimate of drug-likeness (QED) is 0.521. The van der Waals surface area contributed by atoms with Crippen molar-refractivity contribution in [2.24, 2.45) is 11.7 Å². The van der Waals surface area contributed by atoms with Crippen LogP contribution in [0, 0.1) is 5.92 Å². The summed E-state index contributed by atoms with van der Waals surface area (Å²) in [5.41, 5.74) is 5.24. The van der Waals surface area contributed by atoms with Crippen molar-refractivity contribution >= 4 is 29.0 Å². The van der Waals surface area contributed by atoms with E-state index in [0.717, 1.165) is 26.1 Å². The summed E-state index contributed by atoms with van der Waals surface area (Å²) >= 11 is 4.62. The van der Waals surface area contributed by atoms with Crippen LogP contribution in [0.15, 0.2) is 0 Å². The van der Waals surface area contributed by atoms with Crippen LogP contribution in [0.3, 0.4) is 0 Å². The smallest absolute Gasteiger partial charge is 0.311 e. The molecule has 0 saturated carbocycles. The molecule has 0 spiro atoms. The first-order valence-corrected chi connectivity index (χ1v) is 6.31. The topological polar surface area (TPSA) is 84.7 Å². The number of thiocarbonyl (C=S) groups is 1. The highest BCUT2D eigenvalue weighted by Gasteiger charge is 2.22. The molecule has 1 saturated heterocycles. The largest absolute Gasteiger partial charge is 0.392 e. The van der Waals surface area contributed by atoms with Gasteiger partial charge in [-0.2, -0.15) is 0 Å². The lowest BCUT2D eigenvalue weighted by molar-refractivity contribution is -0.145. The number of carbonyl (C=O) groups excluding carboxylic acids is 2. The molecule has 3 N–H and O–H groups in total. The van der Waals surface area contributed by atoms with Crippen molar-refractivity contribution in [2.45, 2.75) is 12.8 Å². The molecule has 102 valence electrons. The Morgan fingerprint density at radius 1 is 1.44 bits per heavy atom. The maximum atomic E-state index is 11.7. The standard InChI is InChI=1S/C11H19N3O3S/c1-14(7-8-2-4-17-5-3-8)11(16)10(15)13-6-9(12)18/h8H,2-7H2,1H3,(H2,12,18)(H,13,15). The zero-order chi connectivity index (χ0) is 13.5. The molecule has 0 aromatic heterocycles. The molecule has 6 nitrogen and oxygen atoms in total. The summed E-state index contributed by atoms with van der Waals surface area (Å²) in [6, 6.07) is 0. The minimum Gasteiger partial charge on any atom is -0.392 e. The van der Waals surface area contributed by atoms with Crippen LogP contribution in [0.5, 0.6) is 0 Å². The molecule has 1 fully saturated rings. The fourth-order valence-corrected chi connectivity index (χ4v) is 1.89. The van der Waals surface area contributed by atoms with E-state index in [2.05, 4.69) is 17.5 Å². The van der Waals surface area contributed by atoms with Crippen molar-refractivity contribution < 1.29 is 14.3 Å². The molecule has 18 heavy (non-hydrogen) atoms. The summed E-state index contributed by atoms with van der Waals surface area (Å²) in [6.45, 7) is 2.06. The van der Waals surface area contributed by atoms with Gasteiger partial charge < -0.3 is 20.7 Å². The first-order valence-electron chi connectivity index (χ1n) is 5.90. The maximum absolute atomic E-state index is 11.7. The van der Waals surface area contributed by atoms with Gasteiger partial charge in [0.2, 0.25) is 0 Å². The number of ether oxygens (including phenoxy) is 1. The highest BCUT2D eigenvalue weighted by atomic mass is 32.1. The molecule has 0 aliphatic carbocycles. The fourth-order valence-electron chi connectivity index (χ4n) is 1.82. The lowest BCUT2D eigenvalue weighted by Crippen LogP contribution is -2.45. The third-order valence-corrected chi connectivity index (χ3v) is 2.98. The number of nitrogens with two attached hydrogens (primary N) is 1. The number of nitrogens with one attached hydrogen (secondary N) is 1. The van der Waals surface area contributed by atoms with Gasteiger partial charge in [0.1, 0.15) is 0 Å². The van der Waals surface area contributed by atoms with Crippen LogP contribution >= 0.6 is 12.2 Å². The van der Waals surface area contributed by atoms with Crippen LogP contribution in [-0.2, 0) is 14.3 Å². The summed E-state index contributed by atoms with van der Waals surface area (Å²) < 4.78 is 5.24.